The lowest BCUT2D eigenvalue weighted by Crippen LogP contribution is -2.26. The predicted octanol–water partition coefficient (Wildman–Crippen LogP) is 11.0. The van der Waals surface area contributed by atoms with E-state index in [1.54, 1.807) is 11.1 Å². The Hall–Kier alpha value is -3.32. The standard InChI is InChI=1S/C39H45N/c1-5-7-9-22-39(23-10-8-6-2)37-24-28(3)14-20-35(37)36-21-19-34(27-38(36)39)40(4)33-13-11-12-30(26-33)32-18-16-29-15-17-31(29)25-32/h11-14,16,18-21,24-27H,5-10,15,17,22-23H2,1-4H3. The number of nitrogens with zero attached hydrogens (tertiary/aromatic N) is 1. The highest BCUT2D eigenvalue weighted by molar-refractivity contribution is 5.84. The summed E-state index contributed by atoms with van der Waals surface area (Å²) in [6.07, 6.45) is 12.7. The Morgan fingerprint density at radius 2 is 1.27 bits per heavy atom. The molecule has 0 heterocycles. The van der Waals surface area contributed by atoms with E-state index in [9.17, 15) is 0 Å². The Balaban J connectivity index is 1.39. The van der Waals surface area contributed by atoms with Crippen LogP contribution >= 0.6 is 0 Å². The highest BCUT2D eigenvalue weighted by Gasteiger charge is 2.42. The van der Waals surface area contributed by atoms with Crippen molar-refractivity contribution in [1.82, 2.24) is 0 Å². The van der Waals surface area contributed by atoms with Gasteiger partial charge in [-0.15, -0.1) is 0 Å². The topological polar surface area (TPSA) is 3.24 Å². The van der Waals surface area contributed by atoms with Gasteiger partial charge in [0.25, 0.3) is 0 Å². The average molecular weight is 528 g/mol. The van der Waals surface area contributed by atoms with Crippen molar-refractivity contribution in [1.29, 1.82) is 0 Å². The first kappa shape index (κ1) is 26.9. The zero-order valence-electron chi connectivity index (χ0n) is 25.0. The molecule has 0 saturated carbocycles. The number of aryl methyl sites for hydroxylation is 3. The fraction of sp³-hybridized carbons (Fsp3) is 0.385. The van der Waals surface area contributed by atoms with Crippen LogP contribution < -0.4 is 4.90 Å². The van der Waals surface area contributed by atoms with E-state index in [1.165, 1.54) is 115 Å². The molecule has 0 saturated heterocycles. The van der Waals surface area contributed by atoms with Crippen molar-refractivity contribution in [3.8, 4) is 22.3 Å². The number of unbranched alkanes of at least 4 members (excludes halogenated alkanes) is 4. The molecule has 0 aliphatic heterocycles. The second-order valence-electron chi connectivity index (χ2n) is 12.4. The average Bonchev–Trinajstić information content (AvgIpc) is 3.22. The summed E-state index contributed by atoms with van der Waals surface area (Å²) in [5.41, 5.74) is 15.8. The molecule has 0 aromatic heterocycles. The summed E-state index contributed by atoms with van der Waals surface area (Å²) in [6, 6.07) is 30.6. The lowest BCUT2D eigenvalue weighted by atomic mass is 9.70. The van der Waals surface area contributed by atoms with Crippen molar-refractivity contribution < 1.29 is 0 Å². The third-order valence-electron chi connectivity index (χ3n) is 9.74. The molecule has 1 nitrogen and oxygen atoms in total. The SMILES string of the molecule is CCCCCC1(CCCCC)c2cc(C)ccc2-c2ccc(N(C)c3cccc(-c4ccc5c(c4)CC5)c3)cc21. The summed E-state index contributed by atoms with van der Waals surface area (Å²) >= 11 is 0. The van der Waals surface area contributed by atoms with Crippen LogP contribution in [0.25, 0.3) is 22.3 Å². The molecule has 6 rings (SSSR count). The molecule has 0 fully saturated rings. The highest BCUT2D eigenvalue weighted by atomic mass is 15.1. The molecule has 1 heteroatoms. The second-order valence-corrected chi connectivity index (χ2v) is 12.4. The molecule has 0 atom stereocenters. The maximum atomic E-state index is 2.54. The van der Waals surface area contributed by atoms with Crippen LogP contribution in [0.1, 0.15) is 93.0 Å². The van der Waals surface area contributed by atoms with E-state index in [0.29, 0.717) is 0 Å². The molecule has 2 aliphatic rings. The highest BCUT2D eigenvalue weighted by Crippen LogP contribution is 2.55. The van der Waals surface area contributed by atoms with Crippen molar-refractivity contribution >= 4 is 11.4 Å². The number of hydrogen-bond donors (Lipinski definition) is 0. The van der Waals surface area contributed by atoms with Gasteiger partial charge in [0.2, 0.25) is 0 Å². The quantitative estimate of drug-likeness (QED) is 0.175. The largest absolute Gasteiger partial charge is 0.345 e. The van der Waals surface area contributed by atoms with E-state index in [0.717, 1.165) is 0 Å². The van der Waals surface area contributed by atoms with E-state index in [1.807, 2.05) is 0 Å². The van der Waals surface area contributed by atoms with E-state index < -0.39 is 0 Å². The van der Waals surface area contributed by atoms with Gasteiger partial charge in [0.1, 0.15) is 0 Å². The third-order valence-corrected chi connectivity index (χ3v) is 9.74. The van der Waals surface area contributed by atoms with Crippen LogP contribution in [0.15, 0.2) is 78.9 Å². The monoisotopic (exact) mass is 527 g/mol. The molecule has 4 aromatic carbocycles. The number of rotatable bonds is 11. The molecule has 206 valence electrons. The van der Waals surface area contributed by atoms with Crippen molar-refractivity contribution in [3.05, 3.63) is 107 Å². The van der Waals surface area contributed by atoms with E-state index in [4.69, 9.17) is 0 Å². The first-order valence-corrected chi connectivity index (χ1v) is 15.8. The minimum atomic E-state index is 0.117. The minimum absolute atomic E-state index is 0.117. The van der Waals surface area contributed by atoms with Crippen LogP contribution in [0, 0.1) is 6.92 Å². The van der Waals surface area contributed by atoms with Gasteiger partial charge < -0.3 is 4.90 Å². The number of benzene rings is 4. The van der Waals surface area contributed by atoms with Gasteiger partial charge in [-0.1, -0.05) is 113 Å². The van der Waals surface area contributed by atoms with Crippen LogP contribution in [0.5, 0.6) is 0 Å². The van der Waals surface area contributed by atoms with Crippen LogP contribution in [0.4, 0.5) is 11.4 Å². The number of hydrogen-bond acceptors (Lipinski definition) is 1. The molecule has 40 heavy (non-hydrogen) atoms. The van der Waals surface area contributed by atoms with E-state index in [-0.39, 0.29) is 5.41 Å². The van der Waals surface area contributed by atoms with Gasteiger partial charge in [-0.05, 0) is 101 Å². The normalized spacial score (nSPS) is 14.3. The van der Waals surface area contributed by atoms with E-state index in [2.05, 4.69) is 112 Å². The molecule has 0 spiro atoms. The Morgan fingerprint density at radius 3 is 1.95 bits per heavy atom. The fourth-order valence-corrected chi connectivity index (χ4v) is 7.24. The van der Waals surface area contributed by atoms with Crippen LogP contribution in [-0.2, 0) is 18.3 Å². The van der Waals surface area contributed by atoms with Gasteiger partial charge in [-0.25, -0.2) is 0 Å². The van der Waals surface area contributed by atoms with Gasteiger partial charge in [0.05, 0.1) is 0 Å². The zero-order chi connectivity index (χ0) is 27.7. The first-order chi connectivity index (χ1) is 19.5. The van der Waals surface area contributed by atoms with Crippen molar-refractivity contribution in [2.24, 2.45) is 0 Å². The molecule has 0 amide bonds. The molecule has 4 aromatic rings. The second kappa shape index (κ2) is 11.3. The molecule has 0 bridgehead atoms. The molecular weight excluding hydrogens is 482 g/mol. The summed E-state index contributed by atoms with van der Waals surface area (Å²) < 4.78 is 0. The van der Waals surface area contributed by atoms with Gasteiger partial charge in [-0.2, -0.15) is 0 Å². The Bertz CT molecular complexity index is 1500. The molecule has 0 N–H and O–H groups in total. The van der Waals surface area contributed by atoms with Gasteiger partial charge in [-0.3, -0.25) is 0 Å². The number of anilines is 2. The van der Waals surface area contributed by atoms with Crippen molar-refractivity contribution in [2.45, 2.75) is 90.4 Å². The van der Waals surface area contributed by atoms with Gasteiger partial charge in [0.15, 0.2) is 0 Å². The smallest absolute Gasteiger partial charge is 0.0414 e. The Labute approximate surface area is 242 Å². The predicted molar refractivity (Wildman–Crippen MR) is 173 cm³/mol. The maximum Gasteiger partial charge on any atom is 0.0414 e. The molecule has 2 aliphatic carbocycles. The zero-order valence-corrected chi connectivity index (χ0v) is 25.0. The van der Waals surface area contributed by atoms with Gasteiger partial charge >= 0.3 is 0 Å². The lowest BCUT2D eigenvalue weighted by Gasteiger charge is -2.34. The lowest BCUT2D eigenvalue weighted by molar-refractivity contribution is 0.405. The molecule has 0 radical (unpaired) electrons. The van der Waals surface area contributed by atoms with Crippen LogP contribution in [-0.4, -0.2) is 7.05 Å². The third kappa shape index (κ3) is 4.78. The summed E-state index contributed by atoms with van der Waals surface area (Å²) in [7, 11) is 2.24. The number of fused-ring (bicyclic) bond motifs is 4. The maximum absolute atomic E-state index is 2.54. The van der Waals surface area contributed by atoms with Crippen LogP contribution in [0.2, 0.25) is 0 Å². The summed E-state index contributed by atoms with van der Waals surface area (Å²) in [5.74, 6) is 0. The summed E-state index contributed by atoms with van der Waals surface area (Å²) in [5, 5.41) is 0. The first-order valence-electron chi connectivity index (χ1n) is 15.8. The Morgan fingerprint density at radius 1 is 0.625 bits per heavy atom. The Kier molecular flexibility index (Phi) is 7.58. The summed E-state index contributed by atoms with van der Waals surface area (Å²) in [6.45, 7) is 6.91. The minimum Gasteiger partial charge on any atom is -0.345 e. The fourth-order valence-electron chi connectivity index (χ4n) is 7.24. The van der Waals surface area contributed by atoms with Crippen LogP contribution in [0.3, 0.4) is 0 Å². The molecule has 0 unspecified atom stereocenters. The van der Waals surface area contributed by atoms with Crippen molar-refractivity contribution in [3.63, 3.8) is 0 Å². The summed E-state index contributed by atoms with van der Waals surface area (Å²) in [4.78, 5) is 2.39. The van der Waals surface area contributed by atoms with Gasteiger partial charge in [0, 0.05) is 23.8 Å². The van der Waals surface area contributed by atoms with Crippen molar-refractivity contribution in [2.75, 3.05) is 11.9 Å². The molecular formula is C39H45N. The van der Waals surface area contributed by atoms with E-state index >= 15 is 0 Å².